The molecule has 0 aromatic heterocycles. The quantitative estimate of drug-likeness (QED) is 0.669. The molecule has 0 aromatic rings. The minimum atomic E-state index is -0.520. The highest BCUT2D eigenvalue weighted by Gasteiger charge is 2.33. The second-order valence-electron chi connectivity index (χ2n) is 4.41. The number of aliphatic hydroxyl groups is 1. The van der Waals surface area contributed by atoms with Crippen molar-refractivity contribution >= 4 is 0 Å². The molecule has 0 bridgehead atoms. The van der Waals surface area contributed by atoms with Crippen LogP contribution < -0.4 is 0 Å². The Morgan fingerprint density at radius 2 is 1.36 bits per heavy atom. The average Bonchev–Trinajstić information content (AvgIpc) is 1.85. The van der Waals surface area contributed by atoms with E-state index in [1.807, 2.05) is 6.92 Å². The van der Waals surface area contributed by atoms with E-state index in [2.05, 4.69) is 34.6 Å². The summed E-state index contributed by atoms with van der Waals surface area (Å²) in [6.45, 7) is 12.5. The first kappa shape index (κ1) is 11.0. The standard InChI is InChI=1S/C10H22O/c1-7(2)9(5)10(6,11)8(3)4/h7-9,11H,1-6H3. The van der Waals surface area contributed by atoms with E-state index in [0.717, 1.165) is 0 Å². The van der Waals surface area contributed by atoms with Gasteiger partial charge in [0, 0.05) is 0 Å². The molecule has 0 saturated carbocycles. The molecule has 0 amide bonds. The van der Waals surface area contributed by atoms with E-state index in [0.29, 0.717) is 17.8 Å². The van der Waals surface area contributed by atoms with Gasteiger partial charge in [0.1, 0.15) is 0 Å². The zero-order chi connectivity index (χ0) is 9.23. The fourth-order valence-electron chi connectivity index (χ4n) is 1.20. The first-order chi connectivity index (χ1) is 4.80. The summed E-state index contributed by atoms with van der Waals surface area (Å²) in [5.41, 5.74) is -0.520. The van der Waals surface area contributed by atoms with Gasteiger partial charge in [-0.1, -0.05) is 34.6 Å². The van der Waals surface area contributed by atoms with Gasteiger partial charge in [0.15, 0.2) is 0 Å². The number of hydrogen-bond donors (Lipinski definition) is 1. The lowest BCUT2D eigenvalue weighted by Crippen LogP contribution is -2.40. The van der Waals surface area contributed by atoms with Gasteiger partial charge in [0.05, 0.1) is 5.60 Å². The first-order valence-electron chi connectivity index (χ1n) is 4.52. The van der Waals surface area contributed by atoms with Crippen molar-refractivity contribution < 1.29 is 5.11 Å². The Balaban J connectivity index is 4.29. The topological polar surface area (TPSA) is 20.2 Å². The van der Waals surface area contributed by atoms with E-state index in [4.69, 9.17) is 0 Å². The highest BCUT2D eigenvalue weighted by Crippen LogP contribution is 2.30. The lowest BCUT2D eigenvalue weighted by atomic mass is 9.76. The van der Waals surface area contributed by atoms with Crippen LogP contribution in [-0.2, 0) is 0 Å². The summed E-state index contributed by atoms with van der Waals surface area (Å²) in [6, 6.07) is 0. The molecule has 0 heterocycles. The molecule has 2 unspecified atom stereocenters. The SMILES string of the molecule is CC(C)C(C)C(C)(O)C(C)C. The van der Waals surface area contributed by atoms with Gasteiger partial charge in [-0.3, -0.25) is 0 Å². The third kappa shape index (κ3) is 2.48. The van der Waals surface area contributed by atoms with Gasteiger partial charge in [0.25, 0.3) is 0 Å². The molecule has 0 aliphatic rings. The van der Waals surface area contributed by atoms with Crippen LogP contribution in [0.15, 0.2) is 0 Å². The van der Waals surface area contributed by atoms with Crippen LogP contribution in [0.4, 0.5) is 0 Å². The molecule has 0 fully saturated rings. The molecule has 0 rings (SSSR count). The van der Waals surface area contributed by atoms with Gasteiger partial charge in [-0.2, -0.15) is 0 Å². The highest BCUT2D eigenvalue weighted by molar-refractivity contribution is 4.83. The number of hydrogen-bond acceptors (Lipinski definition) is 1. The Bertz CT molecular complexity index is 114. The molecule has 11 heavy (non-hydrogen) atoms. The van der Waals surface area contributed by atoms with Crippen LogP contribution in [0.25, 0.3) is 0 Å². The van der Waals surface area contributed by atoms with Crippen LogP contribution in [0, 0.1) is 17.8 Å². The van der Waals surface area contributed by atoms with E-state index in [1.54, 1.807) is 0 Å². The first-order valence-corrected chi connectivity index (χ1v) is 4.52. The second-order valence-corrected chi connectivity index (χ2v) is 4.41. The van der Waals surface area contributed by atoms with Gasteiger partial charge in [-0.05, 0) is 24.7 Å². The zero-order valence-electron chi connectivity index (χ0n) is 8.68. The summed E-state index contributed by atoms with van der Waals surface area (Å²) in [5.74, 6) is 1.25. The molecule has 0 saturated heterocycles. The predicted molar refractivity (Wildman–Crippen MR) is 49.5 cm³/mol. The van der Waals surface area contributed by atoms with E-state index in [-0.39, 0.29) is 0 Å². The molecule has 68 valence electrons. The van der Waals surface area contributed by atoms with Crippen LogP contribution in [0.2, 0.25) is 0 Å². The van der Waals surface area contributed by atoms with E-state index in [1.165, 1.54) is 0 Å². The van der Waals surface area contributed by atoms with Gasteiger partial charge in [0.2, 0.25) is 0 Å². The van der Waals surface area contributed by atoms with E-state index in [9.17, 15) is 5.11 Å². The minimum Gasteiger partial charge on any atom is -0.390 e. The van der Waals surface area contributed by atoms with Crippen molar-refractivity contribution in [1.29, 1.82) is 0 Å². The summed E-state index contributed by atoms with van der Waals surface area (Å²) < 4.78 is 0. The van der Waals surface area contributed by atoms with Crippen LogP contribution in [0.3, 0.4) is 0 Å². The van der Waals surface area contributed by atoms with Gasteiger partial charge >= 0.3 is 0 Å². The Labute approximate surface area is 70.8 Å². The maximum Gasteiger partial charge on any atom is 0.0670 e. The molecule has 0 radical (unpaired) electrons. The molecular formula is C10H22O. The Morgan fingerprint density at radius 3 is 1.45 bits per heavy atom. The fraction of sp³-hybridized carbons (Fsp3) is 1.00. The minimum absolute atomic E-state index is 0.333. The smallest absolute Gasteiger partial charge is 0.0670 e. The van der Waals surface area contributed by atoms with E-state index >= 15 is 0 Å². The maximum atomic E-state index is 10.0. The molecular weight excluding hydrogens is 136 g/mol. The van der Waals surface area contributed by atoms with Crippen molar-refractivity contribution in [3.8, 4) is 0 Å². The van der Waals surface area contributed by atoms with Gasteiger partial charge in [-0.15, -0.1) is 0 Å². The van der Waals surface area contributed by atoms with Crippen LogP contribution in [-0.4, -0.2) is 10.7 Å². The normalized spacial score (nSPS) is 20.5. The third-order valence-electron chi connectivity index (χ3n) is 3.09. The molecule has 0 aliphatic heterocycles. The van der Waals surface area contributed by atoms with Crippen molar-refractivity contribution in [1.82, 2.24) is 0 Å². The average molecular weight is 158 g/mol. The molecule has 1 heteroatoms. The molecule has 0 aliphatic carbocycles. The molecule has 2 atom stereocenters. The summed E-state index contributed by atoms with van der Waals surface area (Å²) in [4.78, 5) is 0. The summed E-state index contributed by atoms with van der Waals surface area (Å²) in [5, 5.41) is 10.0. The van der Waals surface area contributed by atoms with Crippen molar-refractivity contribution in [3.05, 3.63) is 0 Å². The maximum absolute atomic E-state index is 10.0. The lowest BCUT2D eigenvalue weighted by Gasteiger charge is -2.36. The van der Waals surface area contributed by atoms with Crippen molar-refractivity contribution in [3.63, 3.8) is 0 Å². The lowest BCUT2D eigenvalue weighted by molar-refractivity contribution is -0.0512. The van der Waals surface area contributed by atoms with E-state index < -0.39 is 5.60 Å². The fourth-order valence-corrected chi connectivity index (χ4v) is 1.20. The van der Waals surface area contributed by atoms with Crippen LogP contribution >= 0.6 is 0 Å². The Hall–Kier alpha value is -0.0400. The molecule has 1 N–H and O–H groups in total. The van der Waals surface area contributed by atoms with Crippen molar-refractivity contribution in [2.24, 2.45) is 17.8 Å². The van der Waals surface area contributed by atoms with Crippen molar-refractivity contribution in [2.45, 2.75) is 47.1 Å². The van der Waals surface area contributed by atoms with Crippen LogP contribution in [0.5, 0.6) is 0 Å². The summed E-state index contributed by atoms with van der Waals surface area (Å²) >= 11 is 0. The largest absolute Gasteiger partial charge is 0.390 e. The van der Waals surface area contributed by atoms with Crippen molar-refractivity contribution in [2.75, 3.05) is 0 Å². The zero-order valence-corrected chi connectivity index (χ0v) is 8.68. The second kappa shape index (κ2) is 3.57. The van der Waals surface area contributed by atoms with Gasteiger partial charge in [-0.25, -0.2) is 0 Å². The number of rotatable bonds is 3. The molecule has 0 spiro atoms. The van der Waals surface area contributed by atoms with Crippen LogP contribution in [0.1, 0.15) is 41.5 Å². The Kier molecular flexibility index (Phi) is 3.56. The Morgan fingerprint density at radius 1 is 1.00 bits per heavy atom. The summed E-state index contributed by atoms with van der Waals surface area (Å²) in [6.07, 6.45) is 0. The molecule has 1 nitrogen and oxygen atoms in total. The predicted octanol–water partition coefficient (Wildman–Crippen LogP) is 2.69. The third-order valence-corrected chi connectivity index (χ3v) is 3.09. The summed E-state index contributed by atoms with van der Waals surface area (Å²) in [7, 11) is 0. The monoisotopic (exact) mass is 158 g/mol. The molecule has 0 aromatic carbocycles. The van der Waals surface area contributed by atoms with Gasteiger partial charge < -0.3 is 5.11 Å². The highest BCUT2D eigenvalue weighted by atomic mass is 16.3.